The van der Waals surface area contributed by atoms with Crippen molar-refractivity contribution < 1.29 is 59.4 Å². The van der Waals surface area contributed by atoms with E-state index in [1.807, 2.05) is 30.3 Å². The van der Waals surface area contributed by atoms with Crippen molar-refractivity contribution in [2.24, 2.45) is 28.7 Å². The molecule has 1 aromatic rings. The Morgan fingerprint density at radius 3 is 1.62 bits per heavy atom. The van der Waals surface area contributed by atoms with Crippen molar-refractivity contribution in [2.45, 2.75) is 68.7 Å². The van der Waals surface area contributed by atoms with E-state index in [9.17, 15) is 28.8 Å². The minimum absolute atomic E-state index is 0.112. The summed E-state index contributed by atoms with van der Waals surface area (Å²) in [7, 11) is 0. The van der Waals surface area contributed by atoms with Crippen molar-refractivity contribution in [2.75, 3.05) is 18.8 Å². The summed E-state index contributed by atoms with van der Waals surface area (Å²) in [4.78, 5) is 60.1. The molecule has 1 heterocycles. The van der Waals surface area contributed by atoms with Crippen LogP contribution in [-0.2, 0) is 35.2 Å². The summed E-state index contributed by atoms with van der Waals surface area (Å²) in [6, 6.07) is 5.35. The number of carboxylic acids is 6. The summed E-state index contributed by atoms with van der Waals surface area (Å²) in [6.45, 7) is 1.34. The zero-order valence-electron chi connectivity index (χ0n) is 26.1. The van der Waals surface area contributed by atoms with Crippen LogP contribution in [0.25, 0.3) is 0 Å². The Balaban J connectivity index is -0.000000536. The number of hydrogen-bond donors (Lipinski definition) is 15. The minimum atomic E-state index is -1.29. The molecule has 0 radical (unpaired) electrons. The Labute approximate surface area is 281 Å². The molecule has 48 heavy (non-hydrogen) atoms. The number of benzene rings is 1. The van der Waals surface area contributed by atoms with Gasteiger partial charge < -0.3 is 69.9 Å². The highest BCUT2D eigenvalue weighted by atomic mass is 32.1. The number of nitrogens with two attached hydrogens (primary N) is 5. The van der Waals surface area contributed by atoms with Gasteiger partial charge in [-0.3, -0.25) is 34.2 Å². The molecule has 0 spiro atoms. The number of carboxylic acid groups (broad SMARTS) is 6. The molecule has 5 atom stereocenters. The summed E-state index contributed by atoms with van der Waals surface area (Å²) in [5, 5.41) is 61.5. The lowest BCUT2D eigenvalue weighted by atomic mass is 10.1. The molecule has 0 unspecified atom stereocenters. The van der Waals surface area contributed by atoms with E-state index in [0.29, 0.717) is 25.8 Å². The van der Waals surface area contributed by atoms with E-state index >= 15 is 0 Å². The predicted octanol–water partition coefficient (Wildman–Crippen LogP) is -2.67. The quantitative estimate of drug-likeness (QED) is 0.0405. The SMILES string of the molecule is N=C(N)NCCC[C@H](N)C(=O)O.N[C@@H](CC(=O)O)C(=O)O.N[C@@H](CS)C(=O)O.N[C@@H](Cc1ccccc1)C(=O)O.O=C(O)[C@@H]1CCCN1. The highest BCUT2D eigenvalue weighted by Gasteiger charge is 2.20. The molecule has 0 amide bonds. The number of carbonyl (C=O) groups is 6. The van der Waals surface area contributed by atoms with E-state index in [1.165, 1.54) is 0 Å². The molecule has 0 aromatic heterocycles. The zero-order valence-corrected chi connectivity index (χ0v) is 27.0. The first-order chi connectivity index (χ1) is 22.3. The minimum Gasteiger partial charge on any atom is -0.481 e. The number of guanidine groups is 1. The first-order valence-corrected chi connectivity index (χ1v) is 14.7. The lowest BCUT2D eigenvalue weighted by molar-refractivity contribution is -0.144. The van der Waals surface area contributed by atoms with Crippen molar-refractivity contribution in [1.82, 2.24) is 10.6 Å². The first kappa shape index (κ1) is 47.9. The Kier molecular flexibility index (Phi) is 28.6. The van der Waals surface area contributed by atoms with E-state index in [2.05, 4.69) is 23.3 Å². The van der Waals surface area contributed by atoms with Gasteiger partial charge in [0.15, 0.2) is 5.96 Å². The molecule has 0 aliphatic carbocycles. The second-order valence-corrected chi connectivity index (χ2v) is 10.1. The Morgan fingerprint density at radius 1 is 0.833 bits per heavy atom. The molecule has 2 rings (SSSR count). The molecule has 19 N–H and O–H groups in total. The molecule has 1 saturated heterocycles. The third-order valence-corrected chi connectivity index (χ3v) is 5.92. The number of rotatable bonds is 14. The zero-order chi connectivity index (χ0) is 37.8. The average Bonchev–Trinajstić information content (AvgIpc) is 3.56. The third-order valence-electron chi connectivity index (χ3n) is 5.52. The molecule has 21 heteroatoms. The molecule has 20 nitrogen and oxygen atoms in total. The summed E-state index contributed by atoms with van der Waals surface area (Å²) in [6.07, 6.45) is 2.61. The lowest BCUT2D eigenvalue weighted by Gasteiger charge is -2.06. The number of aliphatic carboxylic acids is 6. The van der Waals surface area contributed by atoms with Crippen LogP contribution < -0.4 is 39.3 Å². The van der Waals surface area contributed by atoms with Crippen LogP contribution in [0.4, 0.5) is 0 Å². The third kappa shape index (κ3) is 30.1. The topological polar surface area (TPSA) is 402 Å². The van der Waals surface area contributed by atoms with Gasteiger partial charge in [0, 0.05) is 12.3 Å². The van der Waals surface area contributed by atoms with Crippen LogP contribution >= 0.6 is 12.6 Å². The molecule has 1 aromatic carbocycles. The Bertz CT molecular complexity index is 1130. The highest BCUT2D eigenvalue weighted by molar-refractivity contribution is 7.80. The van der Waals surface area contributed by atoms with Crippen LogP contribution in [-0.4, -0.2) is 121 Å². The van der Waals surface area contributed by atoms with E-state index in [-0.39, 0.29) is 17.8 Å². The van der Waals surface area contributed by atoms with Gasteiger partial charge in [0.25, 0.3) is 0 Å². The predicted molar refractivity (Wildman–Crippen MR) is 177 cm³/mol. The van der Waals surface area contributed by atoms with Crippen molar-refractivity contribution in [3.05, 3.63) is 35.9 Å². The van der Waals surface area contributed by atoms with Crippen LogP contribution in [0, 0.1) is 5.41 Å². The fourth-order valence-corrected chi connectivity index (χ4v) is 3.03. The van der Waals surface area contributed by atoms with Gasteiger partial charge in [-0.15, -0.1) is 0 Å². The van der Waals surface area contributed by atoms with E-state index in [1.54, 1.807) is 0 Å². The normalized spacial score (nSPS) is 15.1. The summed E-state index contributed by atoms with van der Waals surface area (Å²) in [5.41, 5.74) is 26.3. The maximum absolute atomic E-state index is 10.4. The second kappa shape index (κ2) is 28.7. The van der Waals surface area contributed by atoms with Gasteiger partial charge >= 0.3 is 35.8 Å². The lowest BCUT2D eigenvalue weighted by Crippen LogP contribution is -2.34. The monoisotopic (exact) mass is 708 g/mol. The fraction of sp³-hybridized carbons (Fsp3) is 0.519. The highest BCUT2D eigenvalue weighted by Crippen LogP contribution is 2.03. The molecule has 1 aliphatic heterocycles. The number of thiol groups is 1. The summed E-state index contributed by atoms with van der Waals surface area (Å²) in [5.74, 6) is -6.11. The fourth-order valence-electron chi connectivity index (χ4n) is 2.87. The average molecular weight is 709 g/mol. The van der Waals surface area contributed by atoms with Crippen molar-refractivity contribution in [3.63, 3.8) is 0 Å². The van der Waals surface area contributed by atoms with Gasteiger partial charge in [0.05, 0.1) is 6.42 Å². The van der Waals surface area contributed by atoms with Crippen molar-refractivity contribution in [3.8, 4) is 0 Å². The van der Waals surface area contributed by atoms with Gasteiger partial charge in [-0.1, -0.05) is 30.3 Å². The number of hydrogen-bond acceptors (Lipinski definition) is 13. The van der Waals surface area contributed by atoms with E-state index in [0.717, 1.165) is 24.9 Å². The summed E-state index contributed by atoms with van der Waals surface area (Å²) >= 11 is 3.65. The van der Waals surface area contributed by atoms with Gasteiger partial charge in [-0.2, -0.15) is 12.6 Å². The molecular formula is C27H48N8O12S. The number of nitrogens with one attached hydrogen (secondary N) is 3. The van der Waals surface area contributed by atoms with Gasteiger partial charge in [0.2, 0.25) is 0 Å². The maximum Gasteiger partial charge on any atom is 0.321 e. The molecule has 0 saturated carbocycles. The standard InChI is InChI=1S/C9H11NO2.C6H14N4O2.C5H9NO2.C4H7NO4.C3H7NO2S/c10-8(9(11)12)6-7-4-2-1-3-5-7;7-4(5(11)12)2-1-3-10-6(8)9;7-5(8)4-2-1-3-6-4;5-2(4(8)9)1-3(6)7;4-2(1-7)3(5)6/h1-5,8H,6,10H2,(H,11,12);4H,1-3,7H2,(H,11,12)(H4,8,9,10);4,6H,1-3H2,(H,7,8);2H,1,5H2,(H,6,7)(H,8,9);2,7H,1,4H2,(H,5,6)/t8-;2*4-;2*2-/m00000/s1. The van der Waals surface area contributed by atoms with Crippen LogP contribution in [0.15, 0.2) is 30.3 Å². The molecule has 1 fully saturated rings. The molecule has 1 aliphatic rings. The molecular weight excluding hydrogens is 660 g/mol. The van der Waals surface area contributed by atoms with Crippen LogP contribution in [0.5, 0.6) is 0 Å². The Morgan fingerprint density at radius 2 is 1.33 bits per heavy atom. The van der Waals surface area contributed by atoms with Crippen molar-refractivity contribution >= 4 is 54.4 Å². The first-order valence-electron chi connectivity index (χ1n) is 14.1. The van der Waals surface area contributed by atoms with Gasteiger partial charge in [-0.25, -0.2) is 0 Å². The van der Waals surface area contributed by atoms with Crippen LogP contribution in [0.1, 0.15) is 37.7 Å². The van der Waals surface area contributed by atoms with Crippen molar-refractivity contribution in [1.29, 1.82) is 5.41 Å². The van der Waals surface area contributed by atoms with Crippen LogP contribution in [0.3, 0.4) is 0 Å². The molecule has 0 bridgehead atoms. The summed E-state index contributed by atoms with van der Waals surface area (Å²) < 4.78 is 0. The maximum atomic E-state index is 10.4. The Hall–Kier alpha value is -4.54. The van der Waals surface area contributed by atoms with E-state index in [4.69, 9.17) is 64.7 Å². The smallest absolute Gasteiger partial charge is 0.321 e. The molecule has 274 valence electrons. The van der Waals surface area contributed by atoms with Crippen LogP contribution in [0.2, 0.25) is 0 Å². The van der Waals surface area contributed by atoms with Gasteiger partial charge in [0.1, 0.15) is 30.2 Å². The largest absolute Gasteiger partial charge is 0.481 e. The second-order valence-electron chi connectivity index (χ2n) is 9.72. The van der Waals surface area contributed by atoms with E-state index < -0.39 is 66.4 Å². The van der Waals surface area contributed by atoms with Gasteiger partial charge in [-0.05, 0) is 44.2 Å².